The number of rotatable bonds is 7. The highest BCUT2D eigenvalue weighted by molar-refractivity contribution is 7.91. The topological polar surface area (TPSA) is 149 Å². The Balaban J connectivity index is 1.32. The lowest BCUT2D eigenvalue weighted by Gasteiger charge is -2.40. The third kappa shape index (κ3) is 6.59. The maximum atomic E-state index is 15.4. The van der Waals surface area contributed by atoms with Gasteiger partial charge in [-0.25, -0.2) is 13.3 Å². The second kappa shape index (κ2) is 15.4. The number of benzene rings is 6. The van der Waals surface area contributed by atoms with Gasteiger partial charge < -0.3 is 10.2 Å². The van der Waals surface area contributed by atoms with Crippen molar-refractivity contribution < 1.29 is 77.3 Å². The SMILES string of the molecule is Cc1cc(C2(c3cc(C)c(N4C(=O)c5ccc(S(=O)(=O)c6ccc7c(c6)C(=O)N(C)C7=O)cc5C4=O)c(C(O)(C(F)(F)F)C(F)(F)F)c3)c3ccccc3-c3ccccc32)cc(C(C)(O)C(F)(F)F)c1C. The largest absolute Gasteiger partial charge is 0.430 e. The van der Waals surface area contributed by atoms with E-state index in [1.54, 1.807) is 24.3 Å². The fraction of sp³-hybridized carbons (Fsp3) is 0.216. The molecule has 0 aromatic heterocycles. The molecule has 6 aromatic rings. The van der Waals surface area contributed by atoms with Crippen molar-refractivity contribution in [3.8, 4) is 11.1 Å². The lowest BCUT2D eigenvalue weighted by Crippen LogP contribution is -2.55. The summed E-state index contributed by atoms with van der Waals surface area (Å²) in [4.78, 5) is 53.5. The number of halogens is 9. The van der Waals surface area contributed by atoms with Crippen LogP contribution in [0.1, 0.15) is 98.4 Å². The van der Waals surface area contributed by atoms with Gasteiger partial charge in [0.05, 0.1) is 43.1 Å². The summed E-state index contributed by atoms with van der Waals surface area (Å²) in [6.45, 7) is 4.13. The number of amides is 4. The van der Waals surface area contributed by atoms with Crippen LogP contribution >= 0.6 is 0 Å². The highest BCUT2D eigenvalue weighted by Gasteiger charge is 2.73. The Morgan fingerprint density at radius 2 is 0.930 bits per heavy atom. The number of nitrogens with zero attached hydrogens (tertiary/aromatic N) is 2. The van der Waals surface area contributed by atoms with E-state index in [0.29, 0.717) is 30.2 Å². The molecule has 0 bridgehead atoms. The molecule has 0 saturated heterocycles. The minimum atomic E-state index is -6.67. The molecule has 1 unspecified atom stereocenters. The van der Waals surface area contributed by atoms with Crippen LogP contribution in [0.5, 0.6) is 0 Å². The molecule has 2 aliphatic heterocycles. The van der Waals surface area contributed by atoms with Gasteiger partial charge >= 0.3 is 18.5 Å². The Labute approximate surface area is 397 Å². The van der Waals surface area contributed by atoms with E-state index >= 15 is 26.3 Å². The first-order valence-corrected chi connectivity index (χ1v) is 22.7. The van der Waals surface area contributed by atoms with Crippen molar-refractivity contribution in [1.82, 2.24) is 4.90 Å². The molecule has 3 aliphatic rings. The van der Waals surface area contributed by atoms with Crippen molar-refractivity contribution in [2.75, 3.05) is 11.9 Å². The van der Waals surface area contributed by atoms with Crippen LogP contribution in [0.4, 0.5) is 45.2 Å². The molecular formula is C51H35F9N2O8S. The molecule has 366 valence electrons. The van der Waals surface area contributed by atoms with Gasteiger partial charge in [-0.3, -0.25) is 24.1 Å². The molecule has 1 aliphatic carbocycles. The fourth-order valence-electron chi connectivity index (χ4n) is 10.0. The second-order valence-corrected chi connectivity index (χ2v) is 19.8. The van der Waals surface area contributed by atoms with E-state index < -0.39 is 117 Å². The zero-order valence-corrected chi connectivity index (χ0v) is 38.3. The average Bonchev–Trinajstić information content (AvgIpc) is 3.82. The summed E-state index contributed by atoms with van der Waals surface area (Å²) < 4.78 is 165. The molecule has 10 nitrogen and oxygen atoms in total. The van der Waals surface area contributed by atoms with Gasteiger partial charge in [0, 0.05) is 12.6 Å². The molecule has 4 amide bonds. The molecule has 9 rings (SSSR count). The summed E-state index contributed by atoms with van der Waals surface area (Å²) in [5.74, 6) is -4.68. The lowest BCUT2D eigenvalue weighted by molar-refractivity contribution is -0.376. The predicted molar refractivity (Wildman–Crippen MR) is 235 cm³/mol. The summed E-state index contributed by atoms with van der Waals surface area (Å²) in [7, 11) is -3.58. The van der Waals surface area contributed by atoms with Gasteiger partial charge in [-0.05, 0) is 126 Å². The minimum absolute atomic E-state index is 0.0465. The van der Waals surface area contributed by atoms with Crippen molar-refractivity contribution in [3.05, 3.63) is 182 Å². The summed E-state index contributed by atoms with van der Waals surface area (Å²) in [5.41, 5.74) is -17.9. The molecule has 0 saturated carbocycles. The molecule has 0 radical (unpaired) electrons. The zero-order chi connectivity index (χ0) is 52.1. The van der Waals surface area contributed by atoms with E-state index in [4.69, 9.17) is 0 Å². The normalized spacial score (nSPS) is 16.6. The molecule has 71 heavy (non-hydrogen) atoms. The number of aliphatic hydroxyl groups is 2. The van der Waals surface area contributed by atoms with Crippen molar-refractivity contribution in [2.45, 2.75) is 72.6 Å². The Morgan fingerprint density at radius 1 is 0.507 bits per heavy atom. The fourth-order valence-corrected chi connectivity index (χ4v) is 11.3. The molecule has 2 heterocycles. The van der Waals surface area contributed by atoms with Crippen LogP contribution in [0.3, 0.4) is 0 Å². The number of alkyl halides is 9. The third-order valence-corrected chi connectivity index (χ3v) is 15.6. The minimum Gasteiger partial charge on any atom is -0.376 e. The van der Waals surface area contributed by atoms with Crippen LogP contribution < -0.4 is 4.90 Å². The number of fused-ring (bicyclic) bond motifs is 5. The van der Waals surface area contributed by atoms with E-state index in [-0.39, 0.29) is 43.8 Å². The predicted octanol–water partition coefficient (Wildman–Crippen LogP) is 9.92. The van der Waals surface area contributed by atoms with Crippen molar-refractivity contribution in [3.63, 3.8) is 0 Å². The van der Waals surface area contributed by atoms with E-state index in [1.165, 1.54) is 44.2 Å². The number of carbonyl (C=O) groups is 4. The highest BCUT2D eigenvalue weighted by atomic mass is 32.2. The van der Waals surface area contributed by atoms with Crippen molar-refractivity contribution in [1.29, 1.82) is 0 Å². The molecule has 6 aromatic carbocycles. The Morgan fingerprint density at radius 3 is 1.42 bits per heavy atom. The van der Waals surface area contributed by atoms with Crippen LogP contribution in [-0.2, 0) is 26.5 Å². The molecule has 0 fully saturated rings. The van der Waals surface area contributed by atoms with Crippen molar-refractivity contribution >= 4 is 39.2 Å². The van der Waals surface area contributed by atoms with Gasteiger partial charge in [-0.2, -0.15) is 39.5 Å². The summed E-state index contributed by atoms with van der Waals surface area (Å²) in [6, 6.07) is 21.1. The monoisotopic (exact) mass is 1010 g/mol. The van der Waals surface area contributed by atoms with Crippen LogP contribution in [0.15, 0.2) is 119 Å². The molecule has 0 spiro atoms. The van der Waals surface area contributed by atoms with Crippen LogP contribution in [0.25, 0.3) is 11.1 Å². The highest BCUT2D eigenvalue weighted by Crippen LogP contribution is 2.60. The van der Waals surface area contributed by atoms with Crippen LogP contribution in [0, 0.1) is 20.8 Å². The first kappa shape index (κ1) is 48.8. The number of hydrogen-bond acceptors (Lipinski definition) is 8. The molecule has 1 atom stereocenters. The Bertz CT molecular complexity index is 3450. The molecule has 20 heteroatoms. The van der Waals surface area contributed by atoms with Gasteiger partial charge in [0.15, 0.2) is 5.60 Å². The first-order valence-electron chi connectivity index (χ1n) is 21.2. The van der Waals surface area contributed by atoms with Gasteiger partial charge in [0.1, 0.15) is 0 Å². The Hall–Kier alpha value is -7.16. The summed E-state index contributed by atoms with van der Waals surface area (Å²) in [5, 5.41) is 22.6. The smallest absolute Gasteiger partial charge is 0.376 e. The van der Waals surface area contributed by atoms with Crippen LogP contribution in [0.2, 0.25) is 0 Å². The van der Waals surface area contributed by atoms with Gasteiger partial charge in [0.2, 0.25) is 9.84 Å². The van der Waals surface area contributed by atoms with E-state index in [0.717, 1.165) is 61.3 Å². The molecule has 2 N–H and O–H groups in total. The standard InChI is InChI=1S/C51H35F9N2O8S/c1-24-18-27(20-39(26(24)3)46(4,67)49(52,53)54)47(37-12-8-6-10-31(37)32-11-7-9-13-38(32)47)28-19-25(2)41(40(21-28)48(68,50(55,56)57)51(58,59)60)62-44(65)34-17-15-30(23-36(34)45(62)66)71(69,70)29-14-16-33-35(22-29)43(64)61(5)42(33)63/h6-23,67-68H,1-5H3. The number of carbonyl (C=O) groups excluding carboxylic acids is 4. The summed E-state index contributed by atoms with van der Waals surface area (Å²) in [6.07, 6.45) is -18.6. The van der Waals surface area contributed by atoms with Gasteiger partial charge in [-0.15, -0.1) is 0 Å². The van der Waals surface area contributed by atoms with E-state index in [2.05, 4.69) is 0 Å². The number of aryl methyl sites for hydroxylation is 2. The Kier molecular flexibility index (Phi) is 10.6. The number of anilines is 1. The maximum Gasteiger partial charge on any atom is 0.430 e. The average molecular weight is 1010 g/mol. The lowest BCUT2D eigenvalue weighted by atomic mass is 9.65. The second-order valence-electron chi connectivity index (χ2n) is 17.8. The van der Waals surface area contributed by atoms with Crippen LogP contribution in [-0.4, -0.2) is 72.7 Å². The third-order valence-electron chi connectivity index (χ3n) is 13.8. The summed E-state index contributed by atoms with van der Waals surface area (Å²) >= 11 is 0. The molecular weight excluding hydrogens is 972 g/mol. The quantitative estimate of drug-likeness (QED) is 0.118. The number of sulfone groups is 1. The zero-order valence-electron chi connectivity index (χ0n) is 37.4. The van der Waals surface area contributed by atoms with E-state index in [1.807, 2.05) is 0 Å². The van der Waals surface area contributed by atoms with E-state index in [9.17, 15) is 51.0 Å². The maximum absolute atomic E-state index is 15.4. The van der Waals surface area contributed by atoms with Gasteiger partial charge in [-0.1, -0.05) is 66.7 Å². The van der Waals surface area contributed by atoms with Crippen molar-refractivity contribution in [2.24, 2.45) is 0 Å². The number of hydrogen-bond donors (Lipinski definition) is 2. The number of imide groups is 2. The van der Waals surface area contributed by atoms with Gasteiger partial charge in [0.25, 0.3) is 29.2 Å². The first-order chi connectivity index (χ1) is 32.8.